The van der Waals surface area contributed by atoms with Crippen LogP contribution >= 0.6 is 11.6 Å². The third kappa shape index (κ3) is 2.88. The van der Waals surface area contributed by atoms with E-state index < -0.39 is 12.0 Å². The number of aliphatic carboxylic acids is 1. The average Bonchev–Trinajstić information content (AvgIpc) is 2.67. The molecule has 1 aromatic heterocycles. The molecule has 0 aliphatic carbocycles. The third-order valence-electron chi connectivity index (χ3n) is 2.78. The van der Waals surface area contributed by atoms with Gasteiger partial charge in [-0.1, -0.05) is 23.7 Å². The van der Waals surface area contributed by atoms with Gasteiger partial charge < -0.3 is 10.4 Å². The van der Waals surface area contributed by atoms with E-state index in [-0.39, 0.29) is 0 Å². The van der Waals surface area contributed by atoms with Crippen molar-refractivity contribution in [3.05, 3.63) is 46.7 Å². The summed E-state index contributed by atoms with van der Waals surface area (Å²) in [5.74, 6) is -0.976. The van der Waals surface area contributed by atoms with E-state index in [0.29, 0.717) is 22.0 Å². The Morgan fingerprint density at radius 1 is 1.47 bits per heavy atom. The summed E-state index contributed by atoms with van der Waals surface area (Å²) in [5.41, 5.74) is 1.88. The largest absolute Gasteiger partial charge is 0.479 e. The fourth-order valence-electron chi connectivity index (χ4n) is 1.91. The number of aryl methyl sites for hydroxylation is 2. The van der Waals surface area contributed by atoms with Crippen molar-refractivity contribution in [1.82, 2.24) is 9.78 Å². The van der Waals surface area contributed by atoms with Crippen molar-refractivity contribution in [2.45, 2.75) is 13.0 Å². The molecule has 1 atom stereocenters. The lowest BCUT2D eigenvalue weighted by Gasteiger charge is -2.16. The van der Waals surface area contributed by atoms with E-state index in [1.54, 1.807) is 49.1 Å². The molecule has 0 fully saturated rings. The van der Waals surface area contributed by atoms with Crippen molar-refractivity contribution in [2.24, 2.45) is 7.05 Å². The molecule has 0 saturated heterocycles. The first-order chi connectivity index (χ1) is 8.99. The normalized spacial score (nSPS) is 12.2. The number of carboxylic acid groups (broad SMARTS) is 1. The molecule has 0 radical (unpaired) electrons. The van der Waals surface area contributed by atoms with Gasteiger partial charge in [-0.2, -0.15) is 5.10 Å². The Labute approximate surface area is 115 Å². The molecule has 0 saturated carbocycles. The summed E-state index contributed by atoms with van der Waals surface area (Å²) in [7, 11) is 1.75. The molecule has 0 aliphatic rings. The van der Waals surface area contributed by atoms with E-state index in [1.165, 1.54) is 0 Å². The molecule has 5 nitrogen and oxygen atoms in total. The molecule has 0 spiro atoms. The lowest BCUT2D eigenvalue weighted by Crippen LogP contribution is -2.21. The highest BCUT2D eigenvalue weighted by Gasteiger charge is 2.24. The summed E-state index contributed by atoms with van der Waals surface area (Å²) in [5, 5.41) is 16.9. The molecule has 2 N–H and O–H groups in total. The highest BCUT2D eigenvalue weighted by atomic mass is 35.5. The topological polar surface area (TPSA) is 67.2 Å². The molecular weight excluding hydrogens is 266 g/mol. The second-order valence-electron chi connectivity index (χ2n) is 4.24. The van der Waals surface area contributed by atoms with Gasteiger partial charge >= 0.3 is 5.97 Å². The standard InChI is InChI=1S/C13H14ClN3O2/c1-8-9(7-17(2)16-8)12(13(18)19)15-11-6-4-3-5-10(11)14/h3-7,12,15H,1-2H3,(H,18,19). The molecule has 6 heteroatoms. The van der Waals surface area contributed by atoms with Gasteiger partial charge in [-0.3, -0.25) is 4.68 Å². The summed E-state index contributed by atoms with van der Waals surface area (Å²) in [6.07, 6.45) is 1.69. The molecule has 2 aromatic rings. The number of carboxylic acids is 1. The van der Waals surface area contributed by atoms with E-state index in [0.717, 1.165) is 0 Å². The van der Waals surface area contributed by atoms with E-state index in [2.05, 4.69) is 10.4 Å². The predicted molar refractivity (Wildman–Crippen MR) is 73.4 cm³/mol. The van der Waals surface area contributed by atoms with Crippen LogP contribution in [0.4, 0.5) is 5.69 Å². The molecule has 2 rings (SSSR count). The Morgan fingerprint density at radius 3 is 2.68 bits per heavy atom. The number of benzene rings is 1. The van der Waals surface area contributed by atoms with E-state index in [1.807, 2.05) is 0 Å². The summed E-state index contributed by atoms with van der Waals surface area (Å²) in [6, 6.07) is 6.15. The van der Waals surface area contributed by atoms with E-state index in [9.17, 15) is 9.90 Å². The lowest BCUT2D eigenvalue weighted by atomic mass is 10.1. The highest BCUT2D eigenvalue weighted by molar-refractivity contribution is 6.33. The van der Waals surface area contributed by atoms with Crippen LogP contribution in [-0.4, -0.2) is 20.9 Å². The molecule has 0 aliphatic heterocycles. The second kappa shape index (κ2) is 5.32. The van der Waals surface area contributed by atoms with Gasteiger partial charge in [-0.05, 0) is 19.1 Å². The third-order valence-corrected chi connectivity index (χ3v) is 3.11. The Kier molecular flexibility index (Phi) is 3.76. The van der Waals surface area contributed by atoms with Crippen molar-refractivity contribution in [2.75, 3.05) is 5.32 Å². The number of halogens is 1. The predicted octanol–water partition coefficient (Wildman–Crippen LogP) is 2.62. The molecule has 19 heavy (non-hydrogen) atoms. The fourth-order valence-corrected chi connectivity index (χ4v) is 2.10. The first-order valence-electron chi connectivity index (χ1n) is 5.73. The minimum Gasteiger partial charge on any atom is -0.479 e. The van der Waals surface area contributed by atoms with Gasteiger partial charge in [0.15, 0.2) is 6.04 Å². The van der Waals surface area contributed by atoms with Gasteiger partial charge in [-0.15, -0.1) is 0 Å². The fraction of sp³-hybridized carbons (Fsp3) is 0.231. The molecular formula is C13H14ClN3O2. The number of anilines is 1. The molecule has 1 unspecified atom stereocenters. The van der Waals surface area contributed by atoms with Crippen LogP contribution in [0.2, 0.25) is 5.02 Å². The van der Waals surface area contributed by atoms with Crippen LogP contribution in [-0.2, 0) is 11.8 Å². The minimum absolute atomic E-state index is 0.482. The van der Waals surface area contributed by atoms with Crippen molar-refractivity contribution < 1.29 is 9.90 Å². The van der Waals surface area contributed by atoms with Crippen LogP contribution in [0.3, 0.4) is 0 Å². The SMILES string of the molecule is Cc1nn(C)cc1C(Nc1ccccc1Cl)C(=O)O. The second-order valence-corrected chi connectivity index (χ2v) is 4.65. The van der Waals surface area contributed by atoms with Gasteiger partial charge in [0.25, 0.3) is 0 Å². The van der Waals surface area contributed by atoms with Gasteiger partial charge in [0.2, 0.25) is 0 Å². The van der Waals surface area contributed by atoms with Crippen LogP contribution < -0.4 is 5.32 Å². The maximum Gasteiger partial charge on any atom is 0.330 e. The van der Waals surface area contributed by atoms with Gasteiger partial charge in [0.1, 0.15) is 0 Å². The van der Waals surface area contributed by atoms with Crippen LogP contribution in [0, 0.1) is 6.92 Å². The van der Waals surface area contributed by atoms with Crippen LogP contribution in [0.5, 0.6) is 0 Å². The molecule has 0 bridgehead atoms. The number of carbonyl (C=O) groups is 1. The zero-order chi connectivity index (χ0) is 14.0. The van der Waals surface area contributed by atoms with Crippen molar-refractivity contribution >= 4 is 23.3 Å². The number of hydrogen-bond acceptors (Lipinski definition) is 3. The van der Waals surface area contributed by atoms with Gasteiger partial charge in [-0.25, -0.2) is 4.79 Å². The van der Waals surface area contributed by atoms with Crippen LogP contribution in [0.25, 0.3) is 0 Å². The maximum atomic E-state index is 11.4. The lowest BCUT2D eigenvalue weighted by molar-refractivity contribution is -0.138. The number of rotatable bonds is 4. The molecule has 1 heterocycles. The summed E-state index contributed by atoms with van der Waals surface area (Å²) in [4.78, 5) is 11.4. The first-order valence-corrected chi connectivity index (χ1v) is 6.11. The van der Waals surface area contributed by atoms with Crippen LogP contribution in [0.1, 0.15) is 17.3 Å². The van der Waals surface area contributed by atoms with E-state index >= 15 is 0 Å². The quantitative estimate of drug-likeness (QED) is 0.903. The van der Waals surface area contributed by atoms with Gasteiger partial charge in [0.05, 0.1) is 16.4 Å². The Hall–Kier alpha value is -2.01. The first kappa shape index (κ1) is 13.4. The number of aromatic nitrogens is 2. The maximum absolute atomic E-state index is 11.4. The van der Waals surface area contributed by atoms with Gasteiger partial charge in [0, 0.05) is 18.8 Å². The van der Waals surface area contributed by atoms with Crippen molar-refractivity contribution in [1.29, 1.82) is 0 Å². The molecule has 0 amide bonds. The zero-order valence-electron chi connectivity index (χ0n) is 10.6. The number of para-hydroxylation sites is 1. The smallest absolute Gasteiger partial charge is 0.330 e. The summed E-state index contributed by atoms with van der Waals surface area (Å²) < 4.78 is 1.59. The summed E-state index contributed by atoms with van der Waals surface area (Å²) >= 11 is 6.03. The van der Waals surface area contributed by atoms with E-state index in [4.69, 9.17) is 11.6 Å². The van der Waals surface area contributed by atoms with Crippen molar-refractivity contribution in [3.8, 4) is 0 Å². The Bertz CT molecular complexity index is 610. The monoisotopic (exact) mass is 279 g/mol. The Morgan fingerprint density at radius 2 is 2.16 bits per heavy atom. The average molecular weight is 280 g/mol. The highest BCUT2D eigenvalue weighted by Crippen LogP contribution is 2.27. The Balaban J connectivity index is 2.35. The number of hydrogen-bond donors (Lipinski definition) is 2. The molecule has 100 valence electrons. The van der Waals surface area contributed by atoms with Crippen LogP contribution in [0.15, 0.2) is 30.5 Å². The molecule has 1 aromatic carbocycles. The number of nitrogens with one attached hydrogen (secondary N) is 1. The minimum atomic E-state index is -0.976. The summed E-state index contributed by atoms with van der Waals surface area (Å²) in [6.45, 7) is 1.78. The van der Waals surface area contributed by atoms with Crippen molar-refractivity contribution in [3.63, 3.8) is 0 Å². The number of nitrogens with zero attached hydrogens (tertiary/aromatic N) is 2. The zero-order valence-corrected chi connectivity index (χ0v) is 11.3.